The number of hydrogen-bond acceptors (Lipinski definition) is 4. The van der Waals surface area contributed by atoms with E-state index in [1.165, 1.54) is 6.26 Å². The van der Waals surface area contributed by atoms with Crippen molar-refractivity contribution in [1.29, 1.82) is 0 Å². The van der Waals surface area contributed by atoms with Gasteiger partial charge in [-0.2, -0.15) is 0 Å². The summed E-state index contributed by atoms with van der Waals surface area (Å²) in [6, 6.07) is 3.23. The van der Waals surface area contributed by atoms with Crippen LogP contribution in [0.4, 0.5) is 0 Å². The van der Waals surface area contributed by atoms with Crippen molar-refractivity contribution in [2.75, 3.05) is 19.6 Å². The SMILES string of the molecule is CCC(CC)(CN)C(=O)NCCNC(=O)c1ccco1. The molecule has 0 atom stereocenters. The van der Waals surface area contributed by atoms with Crippen LogP contribution in [0.2, 0.25) is 0 Å². The van der Waals surface area contributed by atoms with Gasteiger partial charge in [-0.1, -0.05) is 13.8 Å². The van der Waals surface area contributed by atoms with Crippen molar-refractivity contribution in [2.24, 2.45) is 11.1 Å². The zero-order valence-electron chi connectivity index (χ0n) is 12.1. The van der Waals surface area contributed by atoms with E-state index >= 15 is 0 Å². The number of nitrogens with one attached hydrogen (secondary N) is 2. The number of rotatable bonds is 8. The molecule has 1 rings (SSSR count). The Labute approximate surface area is 119 Å². The van der Waals surface area contributed by atoms with E-state index in [0.29, 0.717) is 32.5 Å². The molecule has 0 aliphatic carbocycles. The molecule has 6 nitrogen and oxygen atoms in total. The van der Waals surface area contributed by atoms with E-state index < -0.39 is 5.41 Å². The molecule has 6 heteroatoms. The number of amides is 2. The van der Waals surface area contributed by atoms with Crippen molar-refractivity contribution < 1.29 is 14.0 Å². The van der Waals surface area contributed by atoms with Gasteiger partial charge in [-0.05, 0) is 25.0 Å². The van der Waals surface area contributed by atoms with Gasteiger partial charge in [0.25, 0.3) is 5.91 Å². The lowest BCUT2D eigenvalue weighted by molar-refractivity contribution is -0.130. The number of carbonyl (C=O) groups is 2. The molecule has 112 valence electrons. The molecule has 1 aromatic heterocycles. The van der Waals surface area contributed by atoms with Gasteiger partial charge in [0.2, 0.25) is 5.91 Å². The lowest BCUT2D eigenvalue weighted by Gasteiger charge is -2.28. The van der Waals surface area contributed by atoms with Gasteiger partial charge in [0.1, 0.15) is 0 Å². The second-order valence-electron chi connectivity index (χ2n) is 4.68. The summed E-state index contributed by atoms with van der Waals surface area (Å²) in [5.74, 6) is -0.0904. The van der Waals surface area contributed by atoms with Crippen LogP contribution in [0.5, 0.6) is 0 Å². The second kappa shape index (κ2) is 7.69. The molecular weight excluding hydrogens is 258 g/mol. The normalized spacial score (nSPS) is 11.2. The second-order valence-corrected chi connectivity index (χ2v) is 4.68. The third-order valence-electron chi connectivity index (χ3n) is 3.67. The van der Waals surface area contributed by atoms with Crippen molar-refractivity contribution in [1.82, 2.24) is 10.6 Å². The fourth-order valence-electron chi connectivity index (χ4n) is 1.99. The Kier molecular flexibility index (Phi) is 6.24. The Balaban J connectivity index is 2.33. The molecule has 0 aromatic carbocycles. The molecule has 0 saturated carbocycles. The molecular formula is C14H23N3O3. The van der Waals surface area contributed by atoms with Gasteiger partial charge in [0.15, 0.2) is 5.76 Å². The Morgan fingerprint density at radius 3 is 2.40 bits per heavy atom. The van der Waals surface area contributed by atoms with Crippen LogP contribution in [0.15, 0.2) is 22.8 Å². The van der Waals surface area contributed by atoms with Crippen LogP contribution in [-0.4, -0.2) is 31.4 Å². The van der Waals surface area contributed by atoms with Crippen molar-refractivity contribution in [2.45, 2.75) is 26.7 Å². The number of furan rings is 1. The summed E-state index contributed by atoms with van der Waals surface area (Å²) in [5, 5.41) is 5.48. The van der Waals surface area contributed by atoms with Gasteiger partial charge in [0, 0.05) is 19.6 Å². The van der Waals surface area contributed by atoms with Crippen LogP contribution in [0, 0.1) is 5.41 Å². The van der Waals surface area contributed by atoms with Gasteiger partial charge in [-0.3, -0.25) is 9.59 Å². The smallest absolute Gasteiger partial charge is 0.287 e. The highest BCUT2D eigenvalue weighted by Crippen LogP contribution is 2.24. The van der Waals surface area contributed by atoms with Gasteiger partial charge in [-0.15, -0.1) is 0 Å². The van der Waals surface area contributed by atoms with Crippen molar-refractivity contribution in [3.8, 4) is 0 Å². The van der Waals surface area contributed by atoms with E-state index in [0.717, 1.165) is 0 Å². The topological polar surface area (TPSA) is 97.4 Å². The van der Waals surface area contributed by atoms with E-state index in [1.54, 1.807) is 12.1 Å². The minimum Gasteiger partial charge on any atom is -0.459 e. The molecule has 0 aliphatic rings. The van der Waals surface area contributed by atoms with E-state index in [-0.39, 0.29) is 17.6 Å². The first-order chi connectivity index (χ1) is 9.59. The van der Waals surface area contributed by atoms with Gasteiger partial charge in [0.05, 0.1) is 11.7 Å². The molecule has 20 heavy (non-hydrogen) atoms. The van der Waals surface area contributed by atoms with Crippen LogP contribution in [0.3, 0.4) is 0 Å². The number of nitrogens with two attached hydrogens (primary N) is 1. The maximum Gasteiger partial charge on any atom is 0.287 e. The summed E-state index contributed by atoms with van der Waals surface area (Å²) < 4.78 is 4.96. The van der Waals surface area contributed by atoms with Gasteiger partial charge < -0.3 is 20.8 Å². The molecule has 1 heterocycles. The maximum absolute atomic E-state index is 12.1. The lowest BCUT2D eigenvalue weighted by atomic mass is 9.81. The van der Waals surface area contributed by atoms with Crippen LogP contribution in [-0.2, 0) is 4.79 Å². The number of carbonyl (C=O) groups excluding carboxylic acids is 2. The van der Waals surface area contributed by atoms with Gasteiger partial charge >= 0.3 is 0 Å². The van der Waals surface area contributed by atoms with Crippen LogP contribution in [0.25, 0.3) is 0 Å². The van der Waals surface area contributed by atoms with Crippen LogP contribution < -0.4 is 16.4 Å². The highest BCUT2D eigenvalue weighted by atomic mass is 16.3. The first-order valence-corrected chi connectivity index (χ1v) is 6.89. The molecule has 1 aromatic rings. The molecule has 0 radical (unpaired) electrons. The largest absolute Gasteiger partial charge is 0.459 e. The van der Waals surface area contributed by atoms with Gasteiger partial charge in [-0.25, -0.2) is 0 Å². The van der Waals surface area contributed by atoms with Crippen molar-refractivity contribution in [3.63, 3.8) is 0 Å². The van der Waals surface area contributed by atoms with Crippen LogP contribution in [0.1, 0.15) is 37.2 Å². The Hall–Kier alpha value is -1.82. The minimum atomic E-state index is -0.509. The fraction of sp³-hybridized carbons (Fsp3) is 0.571. The molecule has 2 amide bonds. The zero-order chi connectivity index (χ0) is 15.0. The molecule has 0 spiro atoms. The number of hydrogen-bond donors (Lipinski definition) is 3. The predicted molar refractivity (Wildman–Crippen MR) is 76.1 cm³/mol. The third kappa shape index (κ3) is 3.84. The highest BCUT2D eigenvalue weighted by Gasteiger charge is 2.32. The molecule has 0 aliphatic heterocycles. The lowest BCUT2D eigenvalue weighted by Crippen LogP contribution is -2.47. The summed E-state index contributed by atoms with van der Waals surface area (Å²) >= 11 is 0. The summed E-state index contributed by atoms with van der Waals surface area (Å²) in [4.78, 5) is 23.7. The van der Waals surface area contributed by atoms with E-state index in [4.69, 9.17) is 10.2 Å². The molecule has 0 bridgehead atoms. The average Bonchev–Trinajstić information content (AvgIpc) is 3.00. The van der Waals surface area contributed by atoms with E-state index in [9.17, 15) is 9.59 Å². The monoisotopic (exact) mass is 281 g/mol. The average molecular weight is 281 g/mol. The summed E-state index contributed by atoms with van der Waals surface area (Å²) in [5.41, 5.74) is 5.19. The zero-order valence-corrected chi connectivity index (χ0v) is 12.1. The predicted octanol–water partition coefficient (Wildman–Crippen LogP) is 0.891. The summed E-state index contributed by atoms with van der Waals surface area (Å²) in [6.45, 7) is 4.94. The molecule has 0 saturated heterocycles. The molecule has 0 unspecified atom stereocenters. The summed E-state index contributed by atoms with van der Waals surface area (Å²) in [6.07, 6.45) is 2.84. The van der Waals surface area contributed by atoms with Crippen LogP contribution >= 0.6 is 0 Å². The van der Waals surface area contributed by atoms with Crippen molar-refractivity contribution in [3.05, 3.63) is 24.2 Å². The first-order valence-electron chi connectivity index (χ1n) is 6.89. The Bertz CT molecular complexity index is 417. The fourth-order valence-corrected chi connectivity index (χ4v) is 1.99. The maximum atomic E-state index is 12.1. The van der Waals surface area contributed by atoms with Crippen molar-refractivity contribution >= 4 is 11.8 Å². The minimum absolute atomic E-state index is 0.0581. The Morgan fingerprint density at radius 2 is 1.90 bits per heavy atom. The Morgan fingerprint density at radius 1 is 1.25 bits per heavy atom. The first kappa shape index (κ1) is 16.2. The van der Waals surface area contributed by atoms with E-state index in [1.807, 2.05) is 13.8 Å². The third-order valence-corrected chi connectivity index (χ3v) is 3.67. The standard InChI is InChI=1S/C14H23N3O3/c1-3-14(4-2,10-15)13(19)17-8-7-16-12(18)11-6-5-9-20-11/h5-6,9H,3-4,7-8,10,15H2,1-2H3,(H,16,18)(H,17,19). The molecule has 0 fully saturated rings. The van der Waals surface area contributed by atoms with E-state index in [2.05, 4.69) is 10.6 Å². The summed E-state index contributed by atoms with van der Waals surface area (Å²) in [7, 11) is 0. The quantitative estimate of drug-likeness (QED) is 0.616. The molecule has 4 N–H and O–H groups in total. The highest BCUT2D eigenvalue weighted by molar-refractivity contribution is 5.91.